The fraction of sp³-hybridized carbons (Fsp3) is 0.348. The van der Waals surface area contributed by atoms with Crippen LogP contribution in [0.25, 0.3) is 33.7 Å². The second-order valence-electron chi connectivity index (χ2n) is 6.91. The summed E-state index contributed by atoms with van der Waals surface area (Å²) in [5, 5.41) is 0. The maximum Gasteiger partial charge on any atom is 0.203 e. The Labute approximate surface area is 180 Å². The maximum absolute atomic E-state index is 5.54. The Morgan fingerprint density at radius 3 is 2.16 bits per heavy atom. The van der Waals surface area contributed by atoms with Gasteiger partial charge in [0.1, 0.15) is 5.82 Å². The van der Waals surface area contributed by atoms with Gasteiger partial charge in [0.2, 0.25) is 5.75 Å². The first-order valence-electron chi connectivity index (χ1n) is 10.2. The molecule has 4 rings (SSSR count). The molecule has 0 radical (unpaired) electrons. The molecule has 0 N–H and O–H groups in total. The lowest BCUT2D eigenvalue weighted by Gasteiger charge is -2.15. The molecule has 0 aliphatic rings. The zero-order valence-electron chi connectivity index (χ0n) is 18.2. The number of aromatic nitrogens is 4. The molecule has 0 atom stereocenters. The van der Waals surface area contributed by atoms with Crippen molar-refractivity contribution in [2.24, 2.45) is 0 Å². The van der Waals surface area contributed by atoms with Gasteiger partial charge in [-0.15, -0.1) is 0 Å². The van der Waals surface area contributed by atoms with Crippen molar-refractivity contribution in [3.05, 3.63) is 36.4 Å². The minimum atomic E-state index is 0.537. The van der Waals surface area contributed by atoms with E-state index in [0.717, 1.165) is 34.5 Å². The minimum Gasteiger partial charge on any atom is -0.493 e. The van der Waals surface area contributed by atoms with Crippen molar-refractivity contribution in [2.75, 3.05) is 34.5 Å². The summed E-state index contributed by atoms with van der Waals surface area (Å²) >= 11 is 0. The smallest absolute Gasteiger partial charge is 0.203 e. The van der Waals surface area contributed by atoms with Crippen molar-refractivity contribution in [1.82, 2.24) is 19.5 Å². The highest BCUT2D eigenvalue weighted by atomic mass is 16.5. The van der Waals surface area contributed by atoms with Crippen LogP contribution in [0.2, 0.25) is 0 Å². The summed E-state index contributed by atoms with van der Waals surface area (Å²) in [6, 6.07) is 11.6. The number of nitrogens with zero attached hydrogens (tertiary/aromatic N) is 4. The summed E-state index contributed by atoms with van der Waals surface area (Å²) in [5.74, 6) is 2.41. The zero-order chi connectivity index (χ0) is 21.8. The molecule has 0 aliphatic carbocycles. The number of imidazole rings is 1. The lowest BCUT2D eigenvalue weighted by Crippen LogP contribution is -2.06. The molecule has 2 heterocycles. The van der Waals surface area contributed by atoms with Crippen molar-refractivity contribution in [1.29, 1.82) is 0 Å². The average molecular weight is 422 g/mol. The Morgan fingerprint density at radius 2 is 1.55 bits per heavy atom. The first-order chi connectivity index (χ1) is 15.2. The number of benzene rings is 2. The van der Waals surface area contributed by atoms with E-state index >= 15 is 0 Å². The van der Waals surface area contributed by atoms with Crippen LogP contribution in [0.3, 0.4) is 0 Å². The molecule has 0 unspecified atom stereocenters. The molecule has 0 aliphatic heterocycles. The quantitative estimate of drug-likeness (QED) is 0.376. The normalized spacial score (nSPS) is 11.2. The minimum absolute atomic E-state index is 0.537. The fourth-order valence-electron chi connectivity index (χ4n) is 3.61. The first-order valence-corrected chi connectivity index (χ1v) is 10.2. The number of rotatable bonds is 9. The number of aryl methyl sites for hydroxylation is 1. The second kappa shape index (κ2) is 9.18. The molecular weight excluding hydrogens is 396 g/mol. The third-order valence-corrected chi connectivity index (χ3v) is 5.06. The summed E-state index contributed by atoms with van der Waals surface area (Å²) in [7, 11) is 4.78. The molecular formula is C23H26N4O4. The molecule has 162 valence electrons. The number of para-hydroxylation sites is 2. The molecule has 4 aromatic rings. The van der Waals surface area contributed by atoms with Gasteiger partial charge in [-0.1, -0.05) is 12.1 Å². The Balaban J connectivity index is 1.90. The summed E-state index contributed by atoms with van der Waals surface area (Å²) in [4.78, 5) is 14.4. The highest BCUT2D eigenvalue weighted by Gasteiger charge is 2.20. The van der Waals surface area contributed by atoms with E-state index in [9.17, 15) is 0 Å². The van der Waals surface area contributed by atoms with Gasteiger partial charge in [0.05, 0.1) is 32.4 Å². The van der Waals surface area contributed by atoms with Gasteiger partial charge in [-0.05, 0) is 37.6 Å². The monoisotopic (exact) mass is 422 g/mol. The standard InChI is InChI=1S/C23H26N4O4/c1-5-31-12-8-11-27-22(15-13-18(28-2)20(30-4)19(14-15)29-3)26-21-23(27)25-17-10-7-6-9-16(17)24-21/h6-7,9-10,13-14H,5,8,11-12H2,1-4H3. The van der Waals surface area contributed by atoms with Crippen molar-refractivity contribution in [3.8, 4) is 28.6 Å². The predicted octanol–water partition coefficient (Wildman–Crippen LogP) is 4.10. The Morgan fingerprint density at radius 1 is 0.871 bits per heavy atom. The fourth-order valence-corrected chi connectivity index (χ4v) is 3.61. The van der Waals surface area contributed by atoms with Crippen molar-refractivity contribution >= 4 is 22.3 Å². The Bertz CT molecular complexity index is 1180. The molecule has 2 aromatic heterocycles. The predicted molar refractivity (Wildman–Crippen MR) is 119 cm³/mol. The van der Waals surface area contributed by atoms with Crippen molar-refractivity contribution < 1.29 is 18.9 Å². The molecule has 0 fully saturated rings. The molecule has 8 heteroatoms. The lowest BCUT2D eigenvalue weighted by atomic mass is 10.1. The molecule has 2 aromatic carbocycles. The number of methoxy groups -OCH3 is 3. The van der Waals surface area contributed by atoms with Crippen LogP contribution in [-0.2, 0) is 11.3 Å². The number of ether oxygens (including phenoxy) is 4. The number of hydrogen-bond donors (Lipinski definition) is 0. The summed E-state index contributed by atoms with van der Waals surface area (Å²) in [5.41, 5.74) is 3.80. The molecule has 0 spiro atoms. The number of fused-ring (bicyclic) bond motifs is 2. The highest BCUT2D eigenvalue weighted by molar-refractivity contribution is 5.85. The van der Waals surface area contributed by atoms with Gasteiger partial charge in [0, 0.05) is 25.3 Å². The SMILES string of the molecule is CCOCCCn1c(-c2cc(OC)c(OC)c(OC)c2)nc2nc3ccccc3nc21. The van der Waals surface area contributed by atoms with Gasteiger partial charge in [-0.2, -0.15) is 0 Å². The largest absolute Gasteiger partial charge is 0.493 e. The topological polar surface area (TPSA) is 80.5 Å². The van der Waals surface area contributed by atoms with E-state index in [1.165, 1.54) is 0 Å². The van der Waals surface area contributed by atoms with Crippen LogP contribution >= 0.6 is 0 Å². The Kier molecular flexibility index (Phi) is 6.18. The van der Waals surface area contributed by atoms with Gasteiger partial charge < -0.3 is 23.5 Å². The van der Waals surface area contributed by atoms with Crippen LogP contribution in [0.15, 0.2) is 36.4 Å². The zero-order valence-corrected chi connectivity index (χ0v) is 18.2. The van der Waals surface area contributed by atoms with E-state index in [2.05, 4.69) is 4.57 Å². The van der Waals surface area contributed by atoms with Gasteiger partial charge >= 0.3 is 0 Å². The van der Waals surface area contributed by atoms with Gasteiger partial charge in [0.25, 0.3) is 0 Å². The van der Waals surface area contributed by atoms with E-state index in [1.54, 1.807) is 21.3 Å². The van der Waals surface area contributed by atoms with Crippen LogP contribution in [0.5, 0.6) is 17.2 Å². The highest BCUT2D eigenvalue weighted by Crippen LogP contribution is 2.41. The molecule has 0 amide bonds. The lowest BCUT2D eigenvalue weighted by molar-refractivity contribution is 0.142. The second-order valence-corrected chi connectivity index (χ2v) is 6.91. The molecule has 0 bridgehead atoms. The van der Waals surface area contributed by atoms with Crippen molar-refractivity contribution in [2.45, 2.75) is 19.9 Å². The molecule has 0 saturated carbocycles. The van der Waals surface area contributed by atoms with Crippen molar-refractivity contribution in [3.63, 3.8) is 0 Å². The van der Waals surface area contributed by atoms with Crippen LogP contribution in [0.4, 0.5) is 0 Å². The van der Waals surface area contributed by atoms with Gasteiger partial charge in [-0.3, -0.25) is 0 Å². The van der Waals surface area contributed by atoms with E-state index in [0.29, 0.717) is 42.7 Å². The van der Waals surface area contributed by atoms with Crippen LogP contribution in [0, 0.1) is 0 Å². The third kappa shape index (κ3) is 3.98. The maximum atomic E-state index is 5.54. The van der Waals surface area contributed by atoms with E-state index in [4.69, 9.17) is 33.9 Å². The average Bonchev–Trinajstić information content (AvgIpc) is 3.16. The van der Waals surface area contributed by atoms with Crippen LogP contribution in [-0.4, -0.2) is 54.1 Å². The Hall–Kier alpha value is -3.39. The summed E-state index contributed by atoms with van der Waals surface area (Å²) in [6.45, 7) is 4.03. The van der Waals surface area contributed by atoms with Crippen LogP contribution < -0.4 is 14.2 Å². The summed E-state index contributed by atoms with van der Waals surface area (Å²) in [6.07, 6.45) is 0.825. The van der Waals surface area contributed by atoms with E-state index < -0.39 is 0 Å². The number of hydrogen-bond acceptors (Lipinski definition) is 7. The molecule has 31 heavy (non-hydrogen) atoms. The van der Waals surface area contributed by atoms with Crippen LogP contribution in [0.1, 0.15) is 13.3 Å². The summed E-state index contributed by atoms with van der Waals surface area (Å²) < 4.78 is 24.2. The van der Waals surface area contributed by atoms with Gasteiger partial charge in [0.15, 0.2) is 22.8 Å². The molecule has 0 saturated heterocycles. The van der Waals surface area contributed by atoms with E-state index in [1.807, 2.05) is 43.3 Å². The first kappa shape index (κ1) is 20.9. The third-order valence-electron chi connectivity index (χ3n) is 5.06. The molecule has 8 nitrogen and oxygen atoms in total. The van der Waals surface area contributed by atoms with Gasteiger partial charge in [-0.25, -0.2) is 15.0 Å². The van der Waals surface area contributed by atoms with E-state index in [-0.39, 0.29) is 0 Å².